The molecule has 2 aromatic carbocycles. The summed E-state index contributed by atoms with van der Waals surface area (Å²) in [7, 11) is 2.89. The Bertz CT molecular complexity index is 833. The van der Waals surface area contributed by atoms with Crippen molar-refractivity contribution < 1.29 is 17.9 Å². The summed E-state index contributed by atoms with van der Waals surface area (Å²) in [5.74, 6) is 1.51. The van der Waals surface area contributed by atoms with Crippen LogP contribution >= 0.6 is 0 Å². The Balaban J connectivity index is 2.08. The van der Waals surface area contributed by atoms with E-state index < -0.39 is 10.0 Å². The van der Waals surface area contributed by atoms with E-state index in [2.05, 4.69) is 5.32 Å². The molecule has 1 N–H and O–H groups in total. The maximum absolute atomic E-state index is 12.1. The summed E-state index contributed by atoms with van der Waals surface area (Å²) in [5.41, 5.74) is 2.03. The summed E-state index contributed by atoms with van der Waals surface area (Å²) >= 11 is 0. The lowest BCUT2D eigenvalue weighted by Crippen LogP contribution is -2.22. The molecule has 0 aliphatic rings. The van der Waals surface area contributed by atoms with Crippen molar-refractivity contribution in [1.29, 1.82) is 0 Å². The van der Waals surface area contributed by atoms with Crippen molar-refractivity contribution in [2.24, 2.45) is 0 Å². The molecule has 0 amide bonds. The summed E-state index contributed by atoms with van der Waals surface area (Å²) in [6.45, 7) is 2.65. The van der Waals surface area contributed by atoms with Crippen LogP contribution in [0.5, 0.6) is 11.5 Å². The van der Waals surface area contributed by atoms with Crippen molar-refractivity contribution in [1.82, 2.24) is 9.62 Å². The second kappa shape index (κ2) is 8.53. The molecule has 0 heterocycles. The number of methoxy groups -OCH3 is 2. The van der Waals surface area contributed by atoms with Gasteiger partial charge in [0, 0.05) is 38.3 Å². The first-order valence-electron chi connectivity index (χ1n) is 8.26. The Morgan fingerprint density at radius 1 is 1.04 bits per heavy atom. The summed E-state index contributed by atoms with van der Waals surface area (Å²) < 4.78 is 36.1. The molecular formula is C19H26N2O4S. The second-order valence-electron chi connectivity index (χ2n) is 6.14. The topological polar surface area (TPSA) is 67.9 Å². The minimum atomic E-state index is -3.41. The maximum Gasteiger partial charge on any atom is 0.242 e. The zero-order valence-corrected chi connectivity index (χ0v) is 16.6. The van der Waals surface area contributed by atoms with Gasteiger partial charge in [-0.2, -0.15) is 0 Å². The van der Waals surface area contributed by atoms with E-state index in [0.717, 1.165) is 22.6 Å². The van der Waals surface area contributed by atoms with Crippen molar-refractivity contribution in [3.8, 4) is 11.5 Å². The van der Waals surface area contributed by atoms with E-state index in [1.165, 1.54) is 18.4 Å². The molecule has 1 unspecified atom stereocenters. The number of nitrogens with zero attached hydrogens (tertiary/aromatic N) is 1. The largest absolute Gasteiger partial charge is 0.497 e. The van der Waals surface area contributed by atoms with Gasteiger partial charge in [0.2, 0.25) is 10.0 Å². The number of rotatable bonds is 8. The van der Waals surface area contributed by atoms with Crippen molar-refractivity contribution in [2.45, 2.75) is 24.4 Å². The first-order chi connectivity index (χ1) is 12.3. The monoisotopic (exact) mass is 378 g/mol. The number of nitrogens with one attached hydrogen (secondary N) is 1. The predicted octanol–water partition coefficient (Wildman–Crippen LogP) is 2.80. The molecule has 0 aromatic heterocycles. The molecule has 26 heavy (non-hydrogen) atoms. The molecule has 0 fully saturated rings. The number of hydrogen-bond acceptors (Lipinski definition) is 5. The molecule has 2 rings (SSSR count). The smallest absolute Gasteiger partial charge is 0.242 e. The van der Waals surface area contributed by atoms with Crippen LogP contribution in [-0.4, -0.2) is 41.0 Å². The Morgan fingerprint density at radius 3 is 2.23 bits per heavy atom. The Morgan fingerprint density at radius 2 is 1.69 bits per heavy atom. The van der Waals surface area contributed by atoms with Crippen LogP contribution in [0, 0.1) is 0 Å². The van der Waals surface area contributed by atoms with E-state index in [1.807, 2.05) is 37.3 Å². The van der Waals surface area contributed by atoms with Crippen molar-refractivity contribution in [2.75, 3.05) is 28.3 Å². The minimum Gasteiger partial charge on any atom is -0.497 e. The first kappa shape index (κ1) is 20.2. The van der Waals surface area contributed by atoms with E-state index in [4.69, 9.17) is 9.47 Å². The molecule has 6 nitrogen and oxygen atoms in total. The normalized spacial score (nSPS) is 12.8. The Labute approximate surface area is 155 Å². The van der Waals surface area contributed by atoms with Gasteiger partial charge in [0.15, 0.2) is 0 Å². The second-order valence-corrected chi connectivity index (χ2v) is 8.29. The summed E-state index contributed by atoms with van der Waals surface area (Å²) in [4.78, 5) is 0.287. The highest BCUT2D eigenvalue weighted by Crippen LogP contribution is 2.25. The molecule has 0 saturated carbocycles. The number of ether oxygens (including phenoxy) is 2. The summed E-state index contributed by atoms with van der Waals surface area (Å²) in [6.07, 6.45) is 0. The van der Waals surface area contributed by atoms with Crippen LogP contribution in [0.25, 0.3) is 0 Å². The SMILES string of the molecule is COc1ccc(CNC(C)c2ccc(S(=O)(=O)N(C)C)cc2)c(OC)c1. The van der Waals surface area contributed by atoms with Crippen LogP contribution < -0.4 is 14.8 Å². The fourth-order valence-electron chi connectivity index (χ4n) is 2.52. The number of sulfonamides is 1. The van der Waals surface area contributed by atoms with Crippen LogP contribution in [0.3, 0.4) is 0 Å². The molecule has 0 radical (unpaired) electrons. The fourth-order valence-corrected chi connectivity index (χ4v) is 3.42. The zero-order chi connectivity index (χ0) is 19.3. The molecule has 2 aromatic rings. The molecular weight excluding hydrogens is 352 g/mol. The van der Waals surface area contributed by atoms with E-state index in [1.54, 1.807) is 26.4 Å². The van der Waals surface area contributed by atoms with Gasteiger partial charge in [-0.25, -0.2) is 12.7 Å². The zero-order valence-electron chi connectivity index (χ0n) is 15.8. The van der Waals surface area contributed by atoms with Gasteiger partial charge in [-0.15, -0.1) is 0 Å². The van der Waals surface area contributed by atoms with E-state index in [0.29, 0.717) is 6.54 Å². The average Bonchev–Trinajstić information content (AvgIpc) is 2.65. The molecule has 0 aliphatic heterocycles. The van der Waals surface area contributed by atoms with Gasteiger partial charge in [0.1, 0.15) is 11.5 Å². The Kier molecular flexibility index (Phi) is 6.63. The van der Waals surface area contributed by atoms with E-state index in [9.17, 15) is 8.42 Å². The number of benzene rings is 2. The summed E-state index contributed by atoms with van der Waals surface area (Å²) in [5, 5.41) is 3.43. The van der Waals surface area contributed by atoms with Crippen molar-refractivity contribution in [3.63, 3.8) is 0 Å². The molecule has 0 saturated heterocycles. The van der Waals surface area contributed by atoms with Gasteiger partial charge in [0.25, 0.3) is 0 Å². The van der Waals surface area contributed by atoms with Gasteiger partial charge >= 0.3 is 0 Å². The molecule has 0 spiro atoms. The van der Waals surface area contributed by atoms with Gasteiger partial charge in [0.05, 0.1) is 19.1 Å². The van der Waals surface area contributed by atoms with E-state index in [-0.39, 0.29) is 10.9 Å². The van der Waals surface area contributed by atoms with Gasteiger partial charge in [-0.05, 0) is 30.7 Å². The van der Waals surface area contributed by atoms with Crippen LogP contribution in [0.4, 0.5) is 0 Å². The minimum absolute atomic E-state index is 0.0536. The van der Waals surface area contributed by atoms with Crippen molar-refractivity contribution in [3.05, 3.63) is 53.6 Å². The molecule has 0 bridgehead atoms. The van der Waals surface area contributed by atoms with E-state index >= 15 is 0 Å². The van der Waals surface area contributed by atoms with Gasteiger partial charge < -0.3 is 14.8 Å². The maximum atomic E-state index is 12.1. The van der Waals surface area contributed by atoms with Crippen molar-refractivity contribution >= 4 is 10.0 Å². The highest BCUT2D eigenvalue weighted by atomic mass is 32.2. The summed E-state index contributed by atoms with van der Waals surface area (Å²) in [6, 6.07) is 12.7. The van der Waals surface area contributed by atoms with Crippen LogP contribution in [0.1, 0.15) is 24.1 Å². The number of hydrogen-bond donors (Lipinski definition) is 1. The standard InChI is InChI=1S/C19H26N2O4S/c1-14(15-7-10-18(11-8-15)26(22,23)21(2)3)20-13-16-6-9-17(24-4)12-19(16)25-5/h6-12,14,20H,13H2,1-5H3. The predicted molar refractivity (Wildman–Crippen MR) is 102 cm³/mol. The molecule has 7 heteroatoms. The van der Waals surface area contributed by atoms with Crippen LogP contribution in [0.2, 0.25) is 0 Å². The fraction of sp³-hybridized carbons (Fsp3) is 0.368. The molecule has 142 valence electrons. The third-order valence-electron chi connectivity index (χ3n) is 4.25. The molecule has 1 atom stereocenters. The third-order valence-corrected chi connectivity index (χ3v) is 6.08. The van der Waals surface area contributed by atoms with Crippen LogP contribution in [-0.2, 0) is 16.6 Å². The average molecular weight is 378 g/mol. The van der Waals surface area contributed by atoms with Crippen LogP contribution in [0.15, 0.2) is 47.4 Å². The Hall–Kier alpha value is -2.09. The quantitative estimate of drug-likeness (QED) is 0.765. The lowest BCUT2D eigenvalue weighted by atomic mass is 10.1. The molecule has 0 aliphatic carbocycles. The lowest BCUT2D eigenvalue weighted by Gasteiger charge is -2.17. The van der Waals surface area contributed by atoms with Gasteiger partial charge in [-0.1, -0.05) is 18.2 Å². The highest BCUT2D eigenvalue weighted by molar-refractivity contribution is 7.89. The van der Waals surface area contributed by atoms with Gasteiger partial charge in [-0.3, -0.25) is 0 Å². The highest BCUT2D eigenvalue weighted by Gasteiger charge is 2.17. The lowest BCUT2D eigenvalue weighted by molar-refractivity contribution is 0.389. The third kappa shape index (κ3) is 4.55. The first-order valence-corrected chi connectivity index (χ1v) is 9.70.